The van der Waals surface area contributed by atoms with Crippen molar-refractivity contribution in [1.29, 1.82) is 0 Å². The summed E-state index contributed by atoms with van der Waals surface area (Å²) in [6.45, 7) is 3.91. The molecule has 1 aliphatic rings. The number of aromatic nitrogens is 3. The van der Waals surface area contributed by atoms with Gasteiger partial charge in [-0.3, -0.25) is 4.79 Å². The highest BCUT2D eigenvalue weighted by molar-refractivity contribution is 6.05. The van der Waals surface area contributed by atoms with Crippen LogP contribution >= 0.6 is 0 Å². The van der Waals surface area contributed by atoms with Crippen molar-refractivity contribution in [3.8, 4) is 16.9 Å². The standard InChI is InChI=1S/C22H20F3N5O2/c1-14-6-7-30(12-14)20-19(16-9-26-13-27-10-16)8-15(11-28-20)21(31)29-17-2-4-18(5-3-17)32-22(23,24)25/h2-5,8-11,13-14H,6-7,12H2,1H3,(H,29,31). The van der Waals surface area contributed by atoms with Crippen molar-refractivity contribution >= 4 is 17.4 Å². The summed E-state index contributed by atoms with van der Waals surface area (Å²) in [4.78, 5) is 27.7. The fourth-order valence-corrected chi connectivity index (χ4v) is 3.55. The number of amides is 1. The molecule has 1 unspecified atom stereocenters. The van der Waals surface area contributed by atoms with E-state index in [2.05, 4.69) is 36.8 Å². The monoisotopic (exact) mass is 443 g/mol. The highest BCUT2D eigenvalue weighted by atomic mass is 19.4. The molecule has 32 heavy (non-hydrogen) atoms. The maximum Gasteiger partial charge on any atom is 0.573 e. The lowest BCUT2D eigenvalue weighted by Crippen LogP contribution is -2.22. The van der Waals surface area contributed by atoms with Gasteiger partial charge in [0.2, 0.25) is 0 Å². The third kappa shape index (κ3) is 5.13. The van der Waals surface area contributed by atoms with Crippen molar-refractivity contribution in [3.05, 3.63) is 60.8 Å². The number of carbonyl (C=O) groups excluding carboxylic acids is 1. The van der Waals surface area contributed by atoms with E-state index < -0.39 is 12.3 Å². The number of alkyl halides is 3. The van der Waals surface area contributed by atoms with Gasteiger partial charge in [-0.1, -0.05) is 6.92 Å². The molecule has 1 amide bonds. The largest absolute Gasteiger partial charge is 0.573 e. The number of halogens is 3. The highest BCUT2D eigenvalue weighted by Crippen LogP contribution is 2.32. The number of hydrogen-bond acceptors (Lipinski definition) is 6. The SMILES string of the molecule is CC1CCN(c2ncc(C(=O)Nc3ccc(OC(F)(F)F)cc3)cc2-c2cncnc2)C1. The van der Waals surface area contributed by atoms with Gasteiger partial charge in [0, 0.05) is 48.5 Å². The summed E-state index contributed by atoms with van der Waals surface area (Å²) < 4.78 is 40.8. The molecule has 7 nitrogen and oxygen atoms in total. The lowest BCUT2D eigenvalue weighted by atomic mass is 10.1. The van der Waals surface area contributed by atoms with E-state index in [4.69, 9.17) is 0 Å². The van der Waals surface area contributed by atoms with Crippen molar-refractivity contribution in [2.24, 2.45) is 5.92 Å². The van der Waals surface area contributed by atoms with Gasteiger partial charge in [-0.25, -0.2) is 15.0 Å². The number of carbonyl (C=O) groups is 1. The van der Waals surface area contributed by atoms with Crippen LogP contribution in [0.15, 0.2) is 55.2 Å². The minimum atomic E-state index is -4.77. The van der Waals surface area contributed by atoms with Crippen molar-refractivity contribution in [2.45, 2.75) is 19.7 Å². The van der Waals surface area contributed by atoms with Gasteiger partial charge < -0.3 is 15.0 Å². The van der Waals surface area contributed by atoms with E-state index in [9.17, 15) is 18.0 Å². The first kappa shape index (κ1) is 21.5. The predicted molar refractivity (Wildman–Crippen MR) is 112 cm³/mol. The molecule has 4 rings (SSSR count). The molecule has 1 saturated heterocycles. The number of anilines is 2. The molecule has 1 aliphatic heterocycles. The minimum Gasteiger partial charge on any atom is -0.406 e. The summed E-state index contributed by atoms with van der Waals surface area (Å²) in [6, 6.07) is 6.65. The average Bonchev–Trinajstić information content (AvgIpc) is 3.20. The Hall–Kier alpha value is -3.69. The molecule has 0 radical (unpaired) electrons. The Morgan fingerprint density at radius 3 is 2.50 bits per heavy atom. The molecule has 1 N–H and O–H groups in total. The maximum atomic E-state index is 12.8. The summed E-state index contributed by atoms with van der Waals surface area (Å²) in [5.74, 6) is 0.493. The Balaban J connectivity index is 1.57. The van der Waals surface area contributed by atoms with Crippen LogP contribution in [0.3, 0.4) is 0 Å². The van der Waals surface area contributed by atoms with Gasteiger partial charge in [-0.05, 0) is 42.7 Å². The fourth-order valence-electron chi connectivity index (χ4n) is 3.55. The summed E-state index contributed by atoms with van der Waals surface area (Å²) in [5.41, 5.74) is 2.10. The first-order chi connectivity index (χ1) is 15.3. The average molecular weight is 443 g/mol. The van der Waals surface area contributed by atoms with E-state index in [0.717, 1.165) is 48.6 Å². The van der Waals surface area contributed by atoms with Gasteiger partial charge in [0.15, 0.2) is 0 Å². The van der Waals surface area contributed by atoms with Crippen molar-refractivity contribution < 1.29 is 22.7 Å². The quantitative estimate of drug-likeness (QED) is 0.624. The van der Waals surface area contributed by atoms with E-state index in [1.807, 2.05) is 0 Å². The first-order valence-electron chi connectivity index (χ1n) is 9.96. The molecule has 2 aromatic heterocycles. The lowest BCUT2D eigenvalue weighted by molar-refractivity contribution is -0.274. The van der Waals surface area contributed by atoms with Crippen LogP contribution in [0.4, 0.5) is 24.7 Å². The van der Waals surface area contributed by atoms with Crippen molar-refractivity contribution in [1.82, 2.24) is 15.0 Å². The van der Waals surface area contributed by atoms with Crippen LogP contribution in [0.5, 0.6) is 5.75 Å². The number of ether oxygens (including phenoxy) is 1. The molecular formula is C22H20F3N5O2. The summed E-state index contributed by atoms with van der Waals surface area (Å²) in [7, 11) is 0. The zero-order chi connectivity index (χ0) is 22.7. The Kier molecular flexibility index (Phi) is 5.93. The van der Waals surface area contributed by atoms with E-state index >= 15 is 0 Å². The van der Waals surface area contributed by atoms with Crippen LogP contribution in [0.1, 0.15) is 23.7 Å². The van der Waals surface area contributed by atoms with E-state index in [0.29, 0.717) is 17.2 Å². The molecule has 1 atom stereocenters. The van der Waals surface area contributed by atoms with Crippen LogP contribution in [-0.4, -0.2) is 40.3 Å². The molecule has 0 bridgehead atoms. The Labute approximate surface area is 182 Å². The van der Waals surface area contributed by atoms with E-state index in [1.54, 1.807) is 18.5 Å². The Bertz CT molecular complexity index is 1090. The molecular weight excluding hydrogens is 423 g/mol. The van der Waals surface area contributed by atoms with Crippen LogP contribution in [-0.2, 0) is 0 Å². The summed E-state index contributed by atoms with van der Waals surface area (Å²) >= 11 is 0. The first-order valence-corrected chi connectivity index (χ1v) is 9.96. The molecule has 0 aliphatic carbocycles. The van der Waals surface area contributed by atoms with Gasteiger partial charge >= 0.3 is 6.36 Å². The number of benzene rings is 1. The third-order valence-corrected chi connectivity index (χ3v) is 5.07. The normalized spacial score (nSPS) is 16.1. The third-order valence-electron chi connectivity index (χ3n) is 5.07. The van der Waals surface area contributed by atoms with Gasteiger partial charge in [0.1, 0.15) is 17.9 Å². The predicted octanol–water partition coefficient (Wildman–Crippen LogP) is 4.54. The topological polar surface area (TPSA) is 80.2 Å². The molecule has 0 spiro atoms. The molecule has 3 aromatic rings. The van der Waals surface area contributed by atoms with Crippen LogP contribution in [0, 0.1) is 5.92 Å². The van der Waals surface area contributed by atoms with Gasteiger partial charge in [0.05, 0.1) is 5.56 Å². The zero-order valence-corrected chi connectivity index (χ0v) is 17.1. The Morgan fingerprint density at radius 1 is 1.16 bits per heavy atom. The Morgan fingerprint density at radius 2 is 1.88 bits per heavy atom. The molecule has 1 fully saturated rings. The lowest BCUT2D eigenvalue weighted by Gasteiger charge is -2.21. The summed E-state index contributed by atoms with van der Waals surface area (Å²) in [6.07, 6.45) is 2.52. The molecule has 1 aromatic carbocycles. The zero-order valence-electron chi connectivity index (χ0n) is 17.1. The number of nitrogens with one attached hydrogen (secondary N) is 1. The molecule has 3 heterocycles. The fraction of sp³-hybridized carbons (Fsp3) is 0.273. The summed E-state index contributed by atoms with van der Waals surface area (Å²) in [5, 5.41) is 2.66. The van der Waals surface area contributed by atoms with Crippen molar-refractivity contribution in [2.75, 3.05) is 23.3 Å². The second-order valence-corrected chi connectivity index (χ2v) is 7.59. The number of pyridine rings is 1. The number of nitrogens with zero attached hydrogens (tertiary/aromatic N) is 4. The molecule has 166 valence electrons. The van der Waals surface area contributed by atoms with Crippen LogP contribution in [0.2, 0.25) is 0 Å². The van der Waals surface area contributed by atoms with E-state index in [1.165, 1.54) is 24.7 Å². The van der Waals surface area contributed by atoms with Crippen LogP contribution in [0.25, 0.3) is 11.1 Å². The minimum absolute atomic E-state index is 0.301. The van der Waals surface area contributed by atoms with Crippen LogP contribution < -0.4 is 15.0 Å². The van der Waals surface area contributed by atoms with Crippen molar-refractivity contribution in [3.63, 3.8) is 0 Å². The number of rotatable bonds is 5. The molecule has 10 heteroatoms. The second-order valence-electron chi connectivity index (χ2n) is 7.59. The van der Waals surface area contributed by atoms with Gasteiger partial charge in [0.25, 0.3) is 5.91 Å². The second kappa shape index (κ2) is 8.81. The van der Waals surface area contributed by atoms with Gasteiger partial charge in [-0.15, -0.1) is 13.2 Å². The highest BCUT2D eigenvalue weighted by Gasteiger charge is 2.31. The number of hydrogen-bond donors (Lipinski definition) is 1. The molecule has 0 saturated carbocycles. The smallest absolute Gasteiger partial charge is 0.406 e. The maximum absolute atomic E-state index is 12.8. The van der Waals surface area contributed by atoms with Gasteiger partial charge in [-0.2, -0.15) is 0 Å². The van der Waals surface area contributed by atoms with E-state index in [-0.39, 0.29) is 5.75 Å².